The lowest BCUT2D eigenvalue weighted by Gasteiger charge is -2.41. The van der Waals surface area contributed by atoms with Crippen LogP contribution in [0, 0.1) is 0 Å². The zero-order valence-electron chi connectivity index (χ0n) is 11.3. The van der Waals surface area contributed by atoms with E-state index in [1.807, 2.05) is 0 Å². The number of rotatable bonds is 6. The number of nitrogens with zero attached hydrogens (tertiary/aromatic N) is 5. The van der Waals surface area contributed by atoms with Gasteiger partial charge in [0, 0.05) is 26.2 Å². The second-order valence-electron chi connectivity index (χ2n) is 4.66. The number of likely N-dealkylation sites (tertiary alicyclic amines) is 1. The summed E-state index contributed by atoms with van der Waals surface area (Å²) in [6.07, 6.45) is 1.33. The number of carboxylic acids is 1. The van der Waals surface area contributed by atoms with Gasteiger partial charge in [-0.15, -0.1) is 5.10 Å². The van der Waals surface area contributed by atoms with E-state index >= 15 is 0 Å². The molecule has 1 aromatic rings. The molecule has 10 heteroatoms. The summed E-state index contributed by atoms with van der Waals surface area (Å²) < 4.78 is 1.43. The molecule has 1 aromatic heterocycles. The first-order valence-corrected chi connectivity index (χ1v) is 6.47. The van der Waals surface area contributed by atoms with Gasteiger partial charge in [-0.2, -0.15) is 0 Å². The third kappa shape index (κ3) is 3.28. The van der Waals surface area contributed by atoms with Gasteiger partial charge in [-0.1, -0.05) is 5.21 Å². The Bertz CT molecular complexity index is 507. The first-order chi connectivity index (χ1) is 10.1. The number of carboxylic acid groups (broad SMARTS) is 1. The molecule has 0 spiro atoms. The molecule has 0 aliphatic carbocycles. The van der Waals surface area contributed by atoms with Gasteiger partial charge in [0.2, 0.25) is 0 Å². The number of amides is 2. The van der Waals surface area contributed by atoms with Gasteiger partial charge in [-0.25, -0.2) is 14.3 Å². The Morgan fingerprint density at radius 3 is 2.38 bits per heavy atom. The number of hydrogen-bond acceptors (Lipinski definition) is 6. The van der Waals surface area contributed by atoms with Crippen molar-refractivity contribution in [2.24, 2.45) is 0 Å². The maximum absolute atomic E-state index is 12.1. The molecule has 1 aliphatic rings. The third-order valence-electron chi connectivity index (χ3n) is 3.25. The Labute approximate surface area is 120 Å². The van der Waals surface area contributed by atoms with Crippen molar-refractivity contribution >= 4 is 12.0 Å². The molecule has 0 aromatic carbocycles. The lowest BCUT2D eigenvalue weighted by molar-refractivity contribution is 0.0689. The van der Waals surface area contributed by atoms with Crippen LogP contribution in [0.15, 0.2) is 6.20 Å². The number of aliphatic hydroxyl groups excluding tert-OH is 2. The predicted octanol–water partition coefficient (Wildman–Crippen LogP) is -1.76. The topological polar surface area (TPSA) is 132 Å². The summed E-state index contributed by atoms with van der Waals surface area (Å²) >= 11 is 0. The number of hydrogen-bond donors (Lipinski definition) is 3. The van der Waals surface area contributed by atoms with E-state index in [2.05, 4.69) is 10.3 Å². The molecule has 0 saturated carbocycles. The molecule has 2 rings (SSSR count). The van der Waals surface area contributed by atoms with Crippen LogP contribution in [0.3, 0.4) is 0 Å². The summed E-state index contributed by atoms with van der Waals surface area (Å²) in [6, 6.07) is -0.382. The van der Waals surface area contributed by atoms with Crippen LogP contribution >= 0.6 is 0 Å². The van der Waals surface area contributed by atoms with Gasteiger partial charge in [-0.05, 0) is 0 Å². The van der Waals surface area contributed by atoms with E-state index in [0.717, 1.165) is 0 Å². The third-order valence-corrected chi connectivity index (χ3v) is 3.25. The Kier molecular flexibility index (Phi) is 4.70. The molecule has 1 fully saturated rings. The van der Waals surface area contributed by atoms with E-state index in [-0.39, 0.29) is 44.1 Å². The highest BCUT2D eigenvalue weighted by Gasteiger charge is 2.35. The van der Waals surface area contributed by atoms with Crippen molar-refractivity contribution < 1.29 is 24.9 Å². The minimum absolute atomic E-state index is 0.111. The number of aliphatic hydroxyl groups is 2. The van der Waals surface area contributed by atoms with Crippen LogP contribution in [0.2, 0.25) is 0 Å². The summed E-state index contributed by atoms with van der Waals surface area (Å²) in [5.74, 6) is -1.15. The highest BCUT2D eigenvalue weighted by Crippen LogP contribution is 2.21. The average Bonchev–Trinajstić information content (AvgIpc) is 2.86. The molecule has 0 bridgehead atoms. The number of carbonyl (C=O) groups is 2. The van der Waals surface area contributed by atoms with Crippen molar-refractivity contribution in [3.63, 3.8) is 0 Å². The Balaban J connectivity index is 1.89. The highest BCUT2D eigenvalue weighted by molar-refractivity contribution is 5.84. The summed E-state index contributed by atoms with van der Waals surface area (Å²) in [7, 11) is 0. The van der Waals surface area contributed by atoms with Crippen molar-refractivity contribution in [3.8, 4) is 0 Å². The van der Waals surface area contributed by atoms with Crippen molar-refractivity contribution in [2.45, 2.75) is 6.04 Å². The molecule has 10 nitrogen and oxygen atoms in total. The van der Waals surface area contributed by atoms with Gasteiger partial charge < -0.3 is 25.1 Å². The quantitative estimate of drug-likeness (QED) is 0.567. The smallest absolute Gasteiger partial charge is 0.358 e. The first-order valence-electron chi connectivity index (χ1n) is 6.47. The van der Waals surface area contributed by atoms with Crippen LogP contribution in [0.25, 0.3) is 0 Å². The molecule has 0 atom stereocenters. The summed E-state index contributed by atoms with van der Waals surface area (Å²) in [4.78, 5) is 25.7. The van der Waals surface area contributed by atoms with Crippen molar-refractivity contribution in [3.05, 3.63) is 11.9 Å². The molecule has 0 unspecified atom stereocenters. The minimum Gasteiger partial charge on any atom is -0.476 e. The zero-order chi connectivity index (χ0) is 15.4. The fraction of sp³-hybridized carbons (Fsp3) is 0.636. The molecule has 21 heavy (non-hydrogen) atoms. The van der Waals surface area contributed by atoms with Gasteiger partial charge in [0.05, 0.1) is 25.5 Å². The van der Waals surface area contributed by atoms with Crippen LogP contribution in [0.5, 0.6) is 0 Å². The minimum atomic E-state index is -1.15. The summed E-state index contributed by atoms with van der Waals surface area (Å²) in [5.41, 5.74) is -0.137. The molecular formula is C11H17N5O5. The molecule has 2 heterocycles. The van der Waals surface area contributed by atoms with Crippen molar-refractivity contribution in [2.75, 3.05) is 39.4 Å². The van der Waals surface area contributed by atoms with E-state index in [0.29, 0.717) is 13.1 Å². The van der Waals surface area contributed by atoms with Crippen molar-refractivity contribution in [1.82, 2.24) is 24.8 Å². The summed E-state index contributed by atoms with van der Waals surface area (Å²) in [6.45, 7) is 0.741. The fourth-order valence-electron chi connectivity index (χ4n) is 2.08. The van der Waals surface area contributed by atoms with Crippen LogP contribution in [-0.2, 0) is 0 Å². The van der Waals surface area contributed by atoms with Crippen LogP contribution in [0.1, 0.15) is 16.5 Å². The zero-order valence-corrected chi connectivity index (χ0v) is 11.3. The summed E-state index contributed by atoms with van der Waals surface area (Å²) in [5, 5.41) is 33.8. The van der Waals surface area contributed by atoms with Crippen LogP contribution in [-0.4, -0.2) is 91.5 Å². The van der Waals surface area contributed by atoms with E-state index in [1.165, 1.54) is 20.7 Å². The van der Waals surface area contributed by atoms with Crippen molar-refractivity contribution in [1.29, 1.82) is 0 Å². The van der Waals surface area contributed by atoms with Gasteiger partial charge in [0.1, 0.15) is 0 Å². The lowest BCUT2D eigenvalue weighted by atomic mass is 10.1. The van der Waals surface area contributed by atoms with E-state index in [4.69, 9.17) is 15.3 Å². The van der Waals surface area contributed by atoms with E-state index in [9.17, 15) is 9.59 Å². The first kappa shape index (κ1) is 15.2. The number of aromatic carboxylic acids is 1. The van der Waals surface area contributed by atoms with Crippen LogP contribution < -0.4 is 0 Å². The monoisotopic (exact) mass is 299 g/mol. The maximum Gasteiger partial charge on any atom is 0.358 e. The number of carbonyl (C=O) groups excluding carboxylic acids is 1. The van der Waals surface area contributed by atoms with Crippen LogP contribution in [0.4, 0.5) is 4.79 Å². The number of aromatic nitrogens is 3. The Morgan fingerprint density at radius 1 is 1.29 bits per heavy atom. The SMILES string of the molecule is O=C(O)c1cn(C2CN(C(=O)N(CCO)CCO)C2)nn1. The lowest BCUT2D eigenvalue weighted by Crippen LogP contribution is -2.56. The standard InChI is InChI=1S/C11H17N5O5/c17-3-1-14(2-4-18)11(21)15-5-8(6-15)16-7-9(10(19)20)12-13-16/h7-8,17-18H,1-6H2,(H,19,20). The largest absolute Gasteiger partial charge is 0.476 e. The molecule has 3 N–H and O–H groups in total. The average molecular weight is 299 g/mol. The molecule has 1 aliphatic heterocycles. The maximum atomic E-state index is 12.1. The molecular weight excluding hydrogens is 282 g/mol. The number of urea groups is 1. The van der Waals surface area contributed by atoms with E-state index < -0.39 is 5.97 Å². The van der Waals surface area contributed by atoms with Gasteiger partial charge in [-0.3, -0.25) is 0 Å². The predicted molar refractivity (Wildman–Crippen MR) is 68.7 cm³/mol. The normalized spacial score (nSPS) is 14.9. The van der Waals surface area contributed by atoms with Gasteiger partial charge in [0.25, 0.3) is 0 Å². The van der Waals surface area contributed by atoms with E-state index in [1.54, 1.807) is 0 Å². The molecule has 116 valence electrons. The fourth-order valence-corrected chi connectivity index (χ4v) is 2.08. The second-order valence-corrected chi connectivity index (χ2v) is 4.66. The Morgan fingerprint density at radius 2 is 1.90 bits per heavy atom. The Hall–Kier alpha value is -2.20. The van der Waals surface area contributed by atoms with Gasteiger partial charge in [0.15, 0.2) is 5.69 Å². The molecule has 1 saturated heterocycles. The molecule has 2 amide bonds. The van der Waals surface area contributed by atoms with Gasteiger partial charge >= 0.3 is 12.0 Å². The highest BCUT2D eigenvalue weighted by atomic mass is 16.4. The molecule has 0 radical (unpaired) electrons. The second kappa shape index (κ2) is 6.50.